The van der Waals surface area contributed by atoms with Crippen LogP contribution in [0.3, 0.4) is 0 Å². The summed E-state index contributed by atoms with van der Waals surface area (Å²) in [5.74, 6) is -0.311. The van der Waals surface area contributed by atoms with Gasteiger partial charge in [-0.1, -0.05) is 60.1 Å². The van der Waals surface area contributed by atoms with Crippen LogP contribution in [0, 0.1) is 0 Å². The molecule has 2 aliphatic rings. The van der Waals surface area contributed by atoms with Gasteiger partial charge in [-0.25, -0.2) is 0 Å². The number of carbonyl (C=O) groups is 2. The first kappa shape index (κ1) is 22.5. The Morgan fingerprint density at radius 3 is 2.38 bits per heavy atom. The van der Waals surface area contributed by atoms with Gasteiger partial charge >= 0.3 is 0 Å². The zero-order valence-corrected chi connectivity index (χ0v) is 19.9. The third-order valence-corrected chi connectivity index (χ3v) is 7.02. The molecule has 0 saturated carbocycles. The SMILES string of the molecule is O=C1CN(C(=O)c2ccc(N3CCCC3)cc2Cl)c2ccccc2CN1CCc1ccccc1. The molecule has 1 fully saturated rings. The van der Waals surface area contributed by atoms with Gasteiger partial charge in [0.25, 0.3) is 5.91 Å². The number of anilines is 2. The molecule has 0 unspecified atom stereocenters. The van der Waals surface area contributed by atoms with E-state index in [1.807, 2.05) is 59.5 Å². The van der Waals surface area contributed by atoms with Crippen LogP contribution in [0.4, 0.5) is 11.4 Å². The van der Waals surface area contributed by atoms with E-state index >= 15 is 0 Å². The molecule has 3 aromatic carbocycles. The van der Waals surface area contributed by atoms with E-state index in [2.05, 4.69) is 17.0 Å². The lowest BCUT2D eigenvalue weighted by Gasteiger charge is -2.24. The molecule has 0 N–H and O–H groups in total. The van der Waals surface area contributed by atoms with Gasteiger partial charge in [-0.15, -0.1) is 0 Å². The van der Waals surface area contributed by atoms with Gasteiger partial charge in [0.1, 0.15) is 6.54 Å². The summed E-state index contributed by atoms with van der Waals surface area (Å²) < 4.78 is 0. The number of rotatable bonds is 5. The van der Waals surface area contributed by atoms with E-state index in [0.717, 1.165) is 36.4 Å². The molecule has 3 aromatic rings. The zero-order chi connectivity index (χ0) is 23.5. The molecule has 0 radical (unpaired) electrons. The molecule has 2 amide bonds. The highest BCUT2D eigenvalue weighted by molar-refractivity contribution is 6.35. The number of halogens is 1. The molecule has 2 heterocycles. The summed E-state index contributed by atoms with van der Waals surface area (Å²) in [6.45, 7) is 3.10. The number of para-hydroxylation sites is 1. The Labute approximate surface area is 205 Å². The second-order valence-electron chi connectivity index (χ2n) is 8.93. The fraction of sp³-hybridized carbons (Fsp3) is 0.286. The minimum absolute atomic E-state index is 0.00512. The zero-order valence-electron chi connectivity index (χ0n) is 19.1. The fourth-order valence-corrected chi connectivity index (χ4v) is 5.07. The van der Waals surface area contributed by atoms with Crippen molar-refractivity contribution in [3.63, 3.8) is 0 Å². The number of amides is 2. The van der Waals surface area contributed by atoms with E-state index in [9.17, 15) is 9.59 Å². The van der Waals surface area contributed by atoms with Gasteiger partial charge in [0.15, 0.2) is 0 Å². The highest BCUT2D eigenvalue weighted by atomic mass is 35.5. The Balaban J connectivity index is 1.39. The second kappa shape index (κ2) is 9.90. The average Bonchev–Trinajstić information content (AvgIpc) is 3.36. The third-order valence-electron chi connectivity index (χ3n) is 6.70. The van der Waals surface area contributed by atoms with Crippen molar-refractivity contribution in [1.29, 1.82) is 0 Å². The molecule has 174 valence electrons. The van der Waals surface area contributed by atoms with Crippen LogP contribution in [0.25, 0.3) is 0 Å². The van der Waals surface area contributed by atoms with Crippen LogP contribution >= 0.6 is 11.6 Å². The lowest BCUT2D eigenvalue weighted by molar-refractivity contribution is -0.130. The number of hydrogen-bond donors (Lipinski definition) is 0. The van der Waals surface area contributed by atoms with E-state index in [0.29, 0.717) is 23.7 Å². The Hall–Kier alpha value is -3.31. The van der Waals surface area contributed by atoms with Crippen molar-refractivity contribution in [3.8, 4) is 0 Å². The number of nitrogens with zero attached hydrogens (tertiary/aromatic N) is 3. The van der Waals surface area contributed by atoms with Gasteiger partial charge in [0, 0.05) is 37.6 Å². The van der Waals surface area contributed by atoms with E-state index in [1.54, 1.807) is 11.0 Å². The van der Waals surface area contributed by atoms with Gasteiger partial charge in [-0.3, -0.25) is 14.5 Å². The predicted octanol–water partition coefficient (Wildman–Crippen LogP) is 5.17. The molecular formula is C28H28ClN3O2. The highest BCUT2D eigenvalue weighted by Gasteiger charge is 2.30. The number of benzene rings is 3. The maximum atomic E-state index is 13.7. The molecule has 0 bridgehead atoms. The lowest BCUT2D eigenvalue weighted by atomic mass is 10.1. The molecule has 0 spiro atoms. The fourth-order valence-electron chi connectivity index (χ4n) is 4.81. The van der Waals surface area contributed by atoms with Crippen LogP contribution in [-0.2, 0) is 17.8 Å². The van der Waals surface area contributed by atoms with Crippen LogP contribution in [0.5, 0.6) is 0 Å². The summed E-state index contributed by atoms with van der Waals surface area (Å²) in [5.41, 5.74) is 4.37. The number of fused-ring (bicyclic) bond motifs is 1. The maximum absolute atomic E-state index is 13.7. The molecule has 0 atom stereocenters. The molecule has 1 saturated heterocycles. The van der Waals surface area contributed by atoms with Crippen LogP contribution in [0.15, 0.2) is 72.8 Å². The summed E-state index contributed by atoms with van der Waals surface area (Å²) in [7, 11) is 0. The van der Waals surface area contributed by atoms with Crippen molar-refractivity contribution >= 4 is 34.8 Å². The molecular weight excluding hydrogens is 446 g/mol. The maximum Gasteiger partial charge on any atom is 0.260 e. The van der Waals surface area contributed by atoms with Crippen molar-refractivity contribution in [3.05, 3.63) is 94.5 Å². The molecule has 5 nitrogen and oxygen atoms in total. The molecule has 5 rings (SSSR count). The monoisotopic (exact) mass is 473 g/mol. The van der Waals surface area contributed by atoms with E-state index < -0.39 is 0 Å². The normalized spacial score (nSPS) is 15.9. The first-order valence-corrected chi connectivity index (χ1v) is 12.2. The van der Waals surface area contributed by atoms with E-state index in [1.165, 1.54) is 18.4 Å². The summed E-state index contributed by atoms with van der Waals surface area (Å²) in [5, 5.41) is 0.421. The smallest absolute Gasteiger partial charge is 0.260 e. The average molecular weight is 474 g/mol. The third kappa shape index (κ3) is 4.66. The molecule has 34 heavy (non-hydrogen) atoms. The van der Waals surface area contributed by atoms with Crippen molar-refractivity contribution in [1.82, 2.24) is 4.90 Å². The molecule has 2 aliphatic heterocycles. The van der Waals surface area contributed by atoms with Gasteiger partial charge < -0.3 is 9.80 Å². The van der Waals surface area contributed by atoms with Crippen molar-refractivity contribution < 1.29 is 9.59 Å². The Bertz CT molecular complexity index is 1190. The lowest BCUT2D eigenvalue weighted by Crippen LogP contribution is -2.41. The second-order valence-corrected chi connectivity index (χ2v) is 9.34. The quantitative estimate of drug-likeness (QED) is 0.513. The van der Waals surface area contributed by atoms with Gasteiger partial charge in [0.05, 0.1) is 10.6 Å². The van der Waals surface area contributed by atoms with Crippen LogP contribution in [0.1, 0.15) is 34.3 Å². The number of carbonyl (C=O) groups excluding carboxylic acids is 2. The summed E-state index contributed by atoms with van der Waals surface area (Å²) in [6.07, 6.45) is 3.12. The molecule has 0 aliphatic carbocycles. The Morgan fingerprint density at radius 1 is 0.882 bits per heavy atom. The minimum Gasteiger partial charge on any atom is -0.371 e. The Morgan fingerprint density at radius 2 is 1.62 bits per heavy atom. The molecule has 0 aromatic heterocycles. The Kier molecular flexibility index (Phi) is 6.54. The van der Waals surface area contributed by atoms with Crippen LogP contribution in [-0.4, -0.2) is 42.9 Å². The van der Waals surface area contributed by atoms with Crippen LogP contribution in [0.2, 0.25) is 5.02 Å². The van der Waals surface area contributed by atoms with Crippen LogP contribution < -0.4 is 9.80 Å². The summed E-state index contributed by atoms with van der Waals surface area (Å²) in [6, 6.07) is 23.5. The van der Waals surface area contributed by atoms with Gasteiger partial charge in [-0.05, 0) is 54.7 Å². The first-order chi connectivity index (χ1) is 16.6. The summed E-state index contributed by atoms with van der Waals surface area (Å²) in [4.78, 5) is 32.6. The highest BCUT2D eigenvalue weighted by Crippen LogP contribution is 2.31. The van der Waals surface area contributed by atoms with E-state index in [-0.39, 0.29) is 18.4 Å². The minimum atomic E-state index is -0.247. The topological polar surface area (TPSA) is 43.9 Å². The van der Waals surface area contributed by atoms with Crippen molar-refractivity contribution in [2.45, 2.75) is 25.8 Å². The summed E-state index contributed by atoms with van der Waals surface area (Å²) >= 11 is 6.60. The predicted molar refractivity (Wildman–Crippen MR) is 137 cm³/mol. The van der Waals surface area contributed by atoms with Gasteiger partial charge in [0.2, 0.25) is 5.91 Å². The standard InChI is InChI=1S/C28H28ClN3O2/c29-25-18-23(30-15-6-7-16-30)12-13-24(25)28(34)32-20-27(33)31(17-14-21-8-2-1-3-9-21)19-22-10-4-5-11-26(22)32/h1-5,8-13,18H,6-7,14-17,19-20H2. The van der Waals surface area contributed by atoms with E-state index in [4.69, 9.17) is 11.6 Å². The largest absolute Gasteiger partial charge is 0.371 e. The first-order valence-electron chi connectivity index (χ1n) is 11.9. The number of hydrogen-bond acceptors (Lipinski definition) is 3. The van der Waals surface area contributed by atoms with Gasteiger partial charge in [-0.2, -0.15) is 0 Å². The van der Waals surface area contributed by atoms with Crippen molar-refractivity contribution in [2.24, 2.45) is 0 Å². The molecule has 6 heteroatoms. The van der Waals surface area contributed by atoms with Crippen molar-refractivity contribution in [2.75, 3.05) is 36.0 Å².